The van der Waals surface area contributed by atoms with Gasteiger partial charge in [-0.3, -0.25) is 9.63 Å². The molecule has 1 fully saturated rings. The Bertz CT molecular complexity index is 176. The Kier molecular flexibility index (Phi) is 3.49. The van der Waals surface area contributed by atoms with Crippen LogP contribution in [-0.2, 0) is 14.4 Å². The lowest BCUT2D eigenvalue weighted by Crippen LogP contribution is -2.28. The Labute approximate surface area is 79.9 Å². The molecule has 1 rings (SSSR count). The molecular weight excluding hydrogens is 226 g/mol. The normalized spacial score (nSPS) is 29.9. The van der Waals surface area contributed by atoms with Crippen molar-refractivity contribution in [3.63, 3.8) is 0 Å². The van der Waals surface area contributed by atoms with E-state index in [0.717, 1.165) is 0 Å². The predicted molar refractivity (Wildman–Crippen MR) is 46.6 cm³/mol. The average Bonchev–Trinajstić information content (AvgIpc) is 2.29. The van der Waals surface area contributed by atoms with E-state index in [-0.39, 0.29) is 24.7 Å². The van der Waals surface area contributed by atoms with Gasteiger partial charge in [-0.25, -0.2) is 0 Å². The summed E-state index contributed by atoms with van der Waals surface area (Å²) in [4.78, 5) is 16.7. The van der Waals surface area contributed by atoms with Crippen LogP contribution in [0.15, 0.2) is 0 Å². The SMILES string of the molecule is COCN1O[C@@H](C)[C@H](CBr)C1=O. The highest BCUT2D eigenvalue weighted by Crippen LogP contribution is 2.22. The summed E-state index contributed by atoms with van der Waals surface area (Å²) in [5, 5.41) is 1.89. The smallest absolute Gasteiger partial charge is 0.255 e. The van der Waals surface area contributed by atoms with Crippen molar-refractivity contribution >= 4 is 21.8 Å². The van der Waals surface area contributed by atoms with Crippen molar-refractivity contribution < 1.29 is 14.4 Å². The van der Waals surface area contributed by atoms with Crippen LogP contribution in [0.5, 0.6) is 0 Å². The third-order valence-corrected chi connectivity index (χ3v) is 2.53. The molecule has 0 aromatic heterocycles. The second-order valence-corrected chi connectivity index (χ2v) is 3.35. The van der Waals surface area contributed by atoms with Crippen LogP contribution < -0.4 is 0 Å². The van der Waals surface area contributed by atoms with Gasteiger partial charge in [0.1, 0.15) is 6.73 Å². The topological polar surface area (TPSA) is 38.8 Å². The van der Waals surface area contributed by atoms with Crippen molar-refractivity contribution in [1.29, 1.82) is 0 Å². The molecule has 0 unspecified atom stereocenters. The number of halogens is 1. The molecule has 0 N–H and O–H groups in total. The summed E-state index contributed by atoms with van der Waals surface area (Å²) in [6, 6.07) is 0. The van der Waals surface area contributed by atoms with Gasteiger partial charge in [0.05, 0.1) is 12.0 Å². The Balaban J connectivity index is 2.56. The van der Waals surface area contributed by atoms with Crippen LogP contribution in [0.4, 0.5) is 0 Å². The molecule has 0 radical (unpaired) electrons. The standard InChI is InChI=1S/C7H12BrNO3/c1-5-6(3-8)7(10)9(12-5)4-11-2/h5-6H,3-4H2,1-2H3/t5-,6-/m0/s1. The molecule has 5 heteroatoms. The number of rotatable bonds is 3. The third kappa shape index (κ3) is 1.78. The fourth-order valence-electron chi connectivity index (χ4n) is 1.11. The van der Waals surface area contributed by atoms with Gasteiger partial charge < -0.3 is 4.74 Å². The molecule has 1 heterocycles. The summed E-state index contributed by atoms with van der Waals surface area (Å²) in [6.07, 6.45) is -0.0629. The number of hydroxylamine groups is 2. The summed E-state index contributed by atoms with van der Waals surface area (Å²) in [7, 11) is 1.53. The second kappa shape index (κ2) is 4.20. The van der Waals surface area contributed by atoms with E-state index in [1.807, 2.05) is 6.92 Å². The minimum atomic E-state index is -0.0832. The van der Waals surface area contributed by atoms with Crippen LogP contribution in [-0.4, -0.2) is 36.2 Å². The van der Waals surface area contributed by atoms with Crippen molar-refractivity contribution in [3.8, 4) is 0 Å². The number of carbonyl (C=O) groups is 1. The molecule has 1 aliphatic rings. The number of nitrogens with zero attached hydrogens (tertiary/aromatic N) is 1. The molecule has 4 nitrogen and oxygen atoms in total. The molecule has 0 aliphatic carbocycles. The molecule has 1 aliphatic heterocycles. The number of alkyl halides is 1. The zero-order chi connectivity index (χ0) is 9.14. The van der Waals surface area contributed by atoms with Gasteiger partial charge >= 0.3 is 0 Å². The fourth-order valence-corrected chi connectivity index (χ4v) is 1.92. The molecule has 1 saturated heterocycles. The number of hydrogen-bond acceptors (Lipinski definition) is 3. The highest BCUT2D eigenvalue weighted by Gasteiger charge is 2.38. The lowest BCUT2D eigenvalue weighted by molar-refractivity contribution is -0.195. The Morgan fingerprint density at radius 3 is 2.83 bits per heavy atom. The first-order valence-corrected chi connectivity index (χ1v) is 4.86. The maximum Gasteiger partial charge on any atom is 0.255 e. The second-order valence-electron chi connectivity index (χ2n) is 2.71. The summed E-state index contributed by atoms with van der Waals surface area (Å²) < 4.78 is 4.80. The van der Waals surface area contributed by atoms with Gasteiger partial charge in [-0.15, -0.1) is 0 Å². The molecule has 12 heavy (non-hydrogen) atoms. The zero-order valence-corrected chi connectivity index (χ0v) is 8.70. The predicted octanol–water partition coefficient (Wildman–Crippen LogP) is 0.764. The molecule has 0 saturated carbocycles. The molecule has 2 atom stereocenters. The first kappa shape index (κ1) is 9.95. The van der Waals surface area contributed by atoms with Gasteiger partial charge in [0.25, 0.3) is 5.91 Å². The minimum absolute atomic E-state index is 0.0128. The van der Waals surface area contributed by atoms with E-state index in [2.05, 4.69) is 15.9 Å². The summed E-state index contributed by atoms with van der Waals surface area (Å²) >= 11 is 3.27. The monoisotopic (exact) mass is 237 g/mol. The summed E-state index contributed by atoms with van der Waals surface area (Å²) in [6.45, 7) is 2.08. The van der Waals surface area contributed by atoms with Crippen molar-refractivity contribution in [3.05, 3.63) is 0 Å². The van der Waals surface area contributed by atoms with Crippen LogP contribution in [0.1, 0.15) is 6.92 Å². The van der Waals surface area contributed by atoms with Gasteiger partial charge in [-0.05, 0) is 6.92 Å². The maximum atomic E-state index is 11.4. The average molecular weight is 238 g/mol. The van der Waals surface area contributed by atoms with E-state index in [1.54, 1.807) is 0 Å². The van der Waals surface area contributed by atoms with Crippen molar-refractivity contribution in [1.82, 2.24) is 5.06 Å². The Hall–Kier alpha value is -0.130. The summed E-state index contributed by atoms with van der Waals surface area (Å²) in [5.74, 6) is -0.0959. The molecule has 0 aromatic carbocycles. The highest BCUT2D eigenvalue weighted by atomic mass is 79.9. The molecule has 0 bridgehead atoms. The number of carbonyl (C=O) groups excluding carboxylic acids is 1. The van der Waals surface area contributed by atoms with E-state index >= 15 is 0 Å². The van der Waals surface area contributed by atoms with Gasteiger partial charge in [0, 0.05) is 12.4 Å². The molecule has 0 aromatic rings. The van der Waals surface area contributed by atoms with Crippen molar-refractivity contribution in [2.24, 2.45) is 5.92 Å². The van der Waals surface area contributed by atoms with Gasteiger partial charge in [0.2, 0.25) is 0 Å². The number of amides is 1. The molecule has 70 valence electrons. The quantitative estimate of drug-likeness (QED) is 0.681. The minimum Gasteiger partial charge on any atom is -0.362 e. The largest absolute Gasteiger partial charge is 0.362 e. The van der Waals surface area contributed by atoms with Gasteiger partial charge in [0.15, 0.2) is 0 Å². The van der Waals surface area contributed by atoms with Gasteiger partial charge in [-0.1, -0.05) is 15.9 Å². The maximum absolute atomic E-state index is 11.4. The number of methoxy groups -OCH3 is 1. The van der Waals surface area contributed by atoms with Crippen molar-refractivity contribution in [2.45, 2.75) is 13.0 Å². The number of ether oxygens (including phenoxy) is 1. The summed E-state index contributed by atoms with van der Waals surface area (Å²) in [5.41, 5.74) is 0. The first-order valence-electron chi connectivity index (χ1n) is 3.73. The zero-order valence-electron chi connectivity index (χ0n) is 7.12. The van der Waals surface area contributed by atoms with E-state index in [4.69, 9.17) is 9.57 Å². The molecular formula is C7H12BrNO3. The lowest BCUT2D eigenvalue weighted by Gasteiger charge is -2.12. The Morgan fingerprint density at radius 1 is 1.75 bits per heavy atom. The van der Waals surface area contributed by atoms with E-state index in [1.165, 1.54) is 12.2 Å². The van der Waals surface area contributed by atoms with E-state index in [9.17, 15) is 4.79 Å². The van der Waals surface area contributed by atoms with Crippen LogP contribution >= 0.6 is 15.9 Å². The number of hydrogen-bond donors (Lipinski definition) is 0. The Morgan fingerprint density at radius 2 is 2.42 bits per heavy atom. The van der Waals surface area contributed by atoms with Crippen molar-refractivity contribution in [2.75, 3.05) is 19.2 Å². The van der Waals surface area contributed by atoms with E-state index < -0.39 is 0 Å². The van der Waals surface area contributed by atoms with Crippen LogP contribution in [0.25, 0.3) is 0 Å². The van der Waals surface area contributed by atoms with Crippen LogP contribution in [0.2, 0.25) is 0 Å². The van der Waals surface area contributed by atoms with Crippen LogP contribution in [0, 0.1) is 5.92 Å². The molecule has 1 amide bonds. The third-order valence-electron chi connectivity index (χ3n) is 1.84. The first-order chi connectivity index (χ1) is 5.70. The molecule has 0 spiro atoms. The van der Waals surface area contributed by atoms with E-state index in [0.29, 0.717) is 5.33 Å². The highest BCUT2D eigenvalue weighted by molar-refractivity contribution is 9.09. The van der Waals surface area contributed by atoms with Gasteiger partial charge in [-0.2, -0.15) is 5.06 Å². The fraction of sp³-hybridized carbons (Fsp3) is 0.857. The lowest BCUT2D eigenvalue weighted by atomic mass is 10.1. The van der Waals surface area contributed by atoms with Crippen LogP contribution in [0.3, 0.4) is 0 Å².